The minimum atomic E-state index is -0.825. The molecule has 0 bridgehead atoms. The van der Waals surface area contributed by atoms with E-state index in [0.29, 0.717) is 18.3 Å². The summed E-state index contributed by atoms with van der Waals surface area (Å²) in [7, 11) is 0.992. The Morgan fingerprint density at radius 1 is 1.15 bits per heavy atom. The minimum absolute atomic E-state index is 0. The molecule has 2 fully saturated rings. The fourth-order valence-corrected chi connectivity index (χ4v) is 4.76. The van der Waals surface area contributed by atoms with Gasteiger partial charge in [-0.3, -0.25) is 14.1 Å². The molecule has 7 heteroatoms. The first kappa shape index (κ1) is 24.1. The van der Waals surface area contributed by atoms with Gasteiger partial charge in [0.05, 0.1) is 0 Å². The molecule has 0 amide bonds. The molecular weight excluding hydrogens is 459 g/mol. The summed E-state index contributed by atoms with van der Waals surface area (Å²) >= 11 is 0. The molecule has 2 atom stereocenters. The van der Waals surface area contributed by atoms with Gasteiger partial charge in [0.2, 0.25) is 0 Å². The standard InChI is InChI=1S/C19H38N4OS.HI/c1-19(2,3)25(24)14-12-21-18(20-4)22-16-9-8-13-23(15-16)17-10-6-5-7-11-17;/h16-17H,5-15H2,1-4H3,(H2,20,21,22);1H. The van der Waals surface area contributed by atoms with Gasteiger partial charge in [0.1, 0.15) is 0 Å². The maximum atomic E-state index is 12.1. The smallest absolute Gasteiger partial charge is 0.191 e. The van der Waals surface area contributed by atoms with Crippen LogP contribution in [0.4, 0.5) is 0 Å². The Bertz CT molecular complexity index is 461. The maximum absolute atomic E-state index is 12.1. The van der Waals surface area contributed by atoms with Crippen LogP contribution >= 0.6 is 24.0 Å². The fraction of sp³-hybridized carbons (Fsp3) is 0.947. The second kappa shape index (κ2) is 11.8. The van der Waals surface area contributed by atoms with Crippen LogP contribution in [-0.2, 0) is 10.8 Å². The zero-order chi connectivity index (χ0) is 18.3. The lowest BCUT2D eigenvalue weighted by atomic mass is 9.92. The number of hydrogen-bond donors (Lipinski definition) is 2. The van der Waals surface area contributed by atoms with Crippen LogP contribution in [0.5, 0.6) is 0 Å². The first-order valence-electron chi connectivity index (χ1n) is 10.00. The lowest BCUT2D eigenvalue weighted by molar-refractivity contribution is 0.115. The summed E-state index contributed by atoms with van der Waals surface area (Å²) in [5, 5.41) is 6.93. The third-order valence-corrected chi connectivity index (χ3v) is 7.31. The van der Waals surface area contributed by atoms with Crippen LogP contribution in [0.2, 0.25) is 0 Å². The van der Waals surface area contributed by atoms with Gasteiger partial charge in [0.25, 0.3) is 0 Å². The van der Waals surface area contributed by atoms with Gasteiger partial charge in [-0.1, -0.05) is 19.3 Å². The largest absolute Gasteiger partial charge is 0.355 e. The number of rotatable bonds is 5. The predicted octanol–water partition coefficient (Wildman–Crippen LogP) is 3.11. The number of hydrogen-bond acceptors (Lipinski definition) is 3. The highest BCUT2D eigenvalue weighted by molar-refractivity contribution is 14.0. The second-order valence-electron chi connectivity index (χ2n) is 8.43. The number of piperidine rings is 1. The highest BCUT2D eigenvalue weighted by Crippen LogP contribution is 2.25. The van der Waals surface area contributed by atoms with Crippen molar-refractivity contribution in [2.45, 2.75) is 82.5 Å². The molecule has 1 saturated heterocycles. The molecule has 2 rings (SSSR count). The summed E-state index contributed by atoms with van der Waals surface area (Å²) < 4.78 is 12.0. The van der Waals surface area contributed by atoms with Gasteiger partial charge in [-0.05, 0) is 53.0 Å². The number of likely N-dealkylation sites (tertiary alicyclic amines) is 1. The van der Waals surface area contributed by atoms with Crippen molar-refractivity contribution in [2.75, 3.05) is 32.4 Å². The molecule has 0 spiro atoms. The summed E-state index contributed by atoms with van der Waals surface area (Å²) in [5.41, 5.74) is 0. The molecule has 1 saturated carbocycles. The molecule has 2 unspecified atom stereocenters. The Morgan fingerprint density at radius 3 is 2.46 bits per heavy atom. The molecule has 0 aromatic rings. The van der Waals surface area contributed by atoms with Gasteiger partial charge < -0.3 is 10.6 Å². The molecular formula is C19H39IN4OS. The van der Waals surface area contributed by atoms with E-state index in [4.69, 9.17) is 0 Å². The molecule has 2 N–H and O–H groups in total. The van der Waals surface area contributed by atoms with Crippen LogP contribution < -0.4 is 10.6 Å². The maximum Gasteiger partial charge on any atom is 0.191 e. The van der Waals surface area contributed by atoms with Crippen molar-refractivity contribution in [1.29, 1.82) is 0 Å². The van der Waals surface area contributed by atoms with Crippen molar-refractivity contribution in [1.82, 2.24) is 15.5 Å². The second-order valence-corrected chi connectivity index (χ2v) is 10.8. The topological polar surface area (TPSA) is 56.7 Å². The highest BCUT2D eigenvalue weighted by atomic mass is 127. The van der Waals surface area contributed by atoms with Gasteiger partial charge in [0, 0.05) is 53.5 Å². The van der Waals surface area contributed by atoms with Crippen LogP contribution in [0, 0.1) is 0 Å². The number of nitrogens with one attached hydrogen (secondary N) is 2. The van der Waals surface area contributed by atoms with Crippen LogP contribution in [0.25, 0.3) is 0 Å². The first-order valence-corrected chi connectivity index (χ1v) is 11.3. The van der Waals surface area contributed by atoms with Crippen LogP contribution in [0.15, 0.2) is 4.99 Å². The average molecular weight is 499 g/mol. The van der Waals surface area contributed by atoms with Crippen molar-refractivity contribution in [3.63, 3.8) is 0 Å². The van der Waals surface area contributed by atoms with E-state index in [0.717, 1.165) is 18.5 Å². The molecule has 1 aliphatic heterocycles. The minimum Gasteiger partial charge on any atom is -0.355 e. The van der Waals surface area contributed by atoms with Crippen LogP contribution in [0.3, 0.4) is 0 Å². The number of guanidine groups is 1. The highest BCUT2D eigenvalue weighted by Gasteiger charge is 2.27. The molecule has 2 aliphatic rings. The molecule has 0 aromatic heterocycles. The summed E-state index contributed by atoms with van der Waals surface area (Å²) in [5.74, 6) is 1.50. The zero-order valence-corrected chi connectivity index (χ0v) is 20.2. The van der Waals surface area contributed by atoms with Crippen molar-refractivity contribution in [3.8, 4) is 0 Å². The normalized spacial score (nSPS) is 24.6. The lowest BCUT2D eigenvalue weighted by Crippen LogP contribution is -2.54. The number of nitrogens with zero attached hydrogens (tertiary/aromatic N) is 2. The Hall–Kier alpha value is 0.110. The molecule has 0 radical (unpaired) electrons. The van der Waals surface area contributed by atoms with Crippen molar-refractivity contribution in [3.05, 3.63) is 0 Å². The van der Waals surface area contributed by atoms with Crippen LogP contribution in [0.1, 0.15) is 65.7 Å². The molecule has 1 aliphatic carbocycles. The van der Waals surface area contributed by atoms with Gasteiger partial charge in [-0.25, -0.2) is 0 Å². The van der Waals surface area contributed by atoms with Gasteiger partial charge in [-0.15, -0.1) is 24.0 Å². The average Bonchev–Trinajstić information content (AvgIpc) is 2.61. The molecule has 5 nitrogen and oxygen atoms in total. The molecule has 154 valence electrons. The summed E-state index contributed by atoms with van der Waals surface area (Å²) in [6, 6.07) is 1.26. The van der Waals surface area contributed by atoms with Crippen molar-refractivity contribution in [2.24, 2.45) is 4.99 Å². The quantitative estimate of drug-likeness (QED) is 0.348. The summed E-state index contributed by atoms with van der Waals surface area (Å²) in [4.78, 5) is 7.05. The van der Waals surface area contributed by atoms with E-state index in [1.807, 2.05) is 27.8 Å². The first-order chi connectivity index (χ1) is 11.9. The molecule has 1 heterocycles. The van der Waals surface area contributed by atoms with E-state index in [1.165, 1.54) is 51.5 Å². The van der Waals surface area contributed by atoms with Gasteiger partial charge >= 0.3 is 0 Å². The summed E-state index contributed by atoms with van der Waals surface area (Å²) in [6.45, 7) is 9.15. The lowest BCUT2D eigenvalue weighted by Gasteiger charge is -2.40. The third-order valence-electron chi connectivity index (χ3n) is 5.37. The predicted molar refractivity (Wildman–Crippen MR) is 124 cm³/mol. The Kier molecular flexibility index (Phi) is 11.0. The zero-order valence-electron chi connectivity index (χ0n) is 17.1. The van der Waals surface area contributed by atoms with Crippen molar-refractivity contribution < 1.29 is 4.21 Å². The van der Waals surface area contributed by atoms with Gasteiger partial charge in [-0.2, -0.15) is 0 Å². The summed E-state index contributed by atoms with van der Waals surface area (Å²) in [6.07, 6.45) is 9.42. The van der Waals surface area contributed by atoms with Crippen LogP contribution in [-0.4, -0.2) is 64.3 Å². The van der Waals surface area contributed by atoms with E-state index >= 15 is 0 Å². The van der Waals surface area contributed by atoms with E-state index in [2.05, 4.69) is 20.5 Å². The number of aliphatic imine (C=N–C) groups is 1. The molecule has 26 heavy (non-hydrogen) atoms. The van der Waals surface area contributed by atoms with E-state index < -0.39 is 10.8 Å². The fourth-order valence-electron chi connectivity index (χ4n) is 3.86. The van der Waals surface area contributed by atoms with Crippen molar-refractivity contribution >= 4 is 40.7 Å². The van der Waals surface area contributed by atoms with E-state index in [-0.39, 0.29) is 28.7 Å². The van der Waals surface area contributed by atoms with E-state index in [1.54, 1.807) is 0 Å². The van der Waals surface area contributed by atoms with Gasteiger partial charge in [0.15, 0.2) is 5.96 Å². The monoisotopic (exact) mass is 498 g/mol. The Labute approximate surface area is 180 Å². The van der Waals surface area contributed by atoms with E-state index in [9.17, 15) is 4.21 Å². The molecule has 0 aromatic carbocycles. The number of halogens is 1. The Morgan fingerprint density at radius 2 is 1.85 bits per heavy atom. The SMILES string of the molecule is CN=C(NCCS(=O)C(C)(C)C)NC1CCCN(C2CCCCC2)C1.I. The third kappa shape index (κ3) is 8.00. The Balaban J connectivity index is 0.00000338.